The molecule has 2 heterocycles. The molecule has 0 radical (unpaired) electrons. The van der Waals surface area contributed by atoms with E-state index in [1.54, 1.807) is 4.90 Å². The van der Waals surface area contributed by atoms with Gasteiger partial charge in [0.15, 0.2) is 0 Å². The molecule has 0 saturated heterocycles. The molecule has 0 bridgehead atoms. The lowest BCUT2D eigenvalue weighted by molar-refractivity contribution is -0.127. The summed E-state index contributed by atoms with van der Waals surface area (Å²) >= 11 is 0. The summed E-state index contributed by atoms with van der Waals surface area (Å²) in [7, 11) is 0. The molecule has 1 aliphatic rings. The average Bonchev–Trinajstić information content (AvgIpc) is 3.08. The van der Waals surface area contributed by atoms with Gasteiger partial charge in [-0.2, -0.15) is 0 Å². The van der Waals surface area contributed by atoms with Crippen LogP contribution >= 0.6 is 0 Å². The van der Waals surface area contributed by atoms with E-state index in [0.29, 0.717) is 13.1 Å². The van der Waals surface area contributed by atoms with Crippen LogP contribution in [-0.2, 0) is 37.1 Å². The summed E-state index contributed by atoms with van der Waals surface area (Å²) in [5.74, 6) is 1.72. The van der Waals surface area contributed by atoms with Gasteiger partial charge in [0.05, 0.1) is 18.8 Å². The fourth-order valence-corrected chi connectivity index (χ4v) is 3.38. The van der Waals surface area contributed by atoms with Crippen LogP contribution in [0, 0.1) is 0 Å². The maximum absolute atomic E-state index is 12.5. The monoisotopic (exact) mass is 354 g/mol. The van der Waals surface area contributed by atoms with Crippen LogP contribution in [0.3, 0.4) is 0 Å². The zero-order valence-corrected chi connectivity index (χ0v) is 15.6. The van der Waals surface area contributed by atoms with Crippen molar-refractivity contribution in [2.75, 3.05) is 6.61 Å². The van der Waals surface area contributed by atoms with Gasteiger partial charge in [-0.1, -0.05) is 37.7 Å². The van der Waals surface area contributed by atoms with Crippen LogP contribution in [0.25, 0.3) is 0 Å². The fraction of sp³-hybridized carbons (Fsp3) is 0.429. The molecule has 138 valence electrons. The third-order valence-electron chi connectivity index (χ3n) is 4.79. The molecule has 1 aliphatic heterocycles. The lowest BCUT2D eigenvalue weighted by Gasteiger charge is -2.23. The number of hydrogen-bond donors (Lipinski definition) is 0. The van der Waals surface area contributed by atoms with E-state index in [0.717, 1.165) is 60.6 Å². The number of carbonyl (C=O) groups excluding carboxylic acids is 1. The quantitative estimate of drug-likeness (QED) is 0.709. The number of benzene rings is 1. The minimum Gasteiger partial charge on any atom is -0.493 e. The van der Waals surface area contributed by atoms with Crippen molar-refractivity contribution < 1.29 is 14.1 Å². The Morgan fingerprint density at radius 1 is 1.31 bits per heavy atom. The highest BCUT2D eigenvalue weighted by molar-refractivity contribution is 5.87. The molecule has 3 rings (SSSR count). The Bertz CT molecular complexity index is 773. The van der Waals surface area contributed by atoms with Crippen molar-refractivity contribution in [3.05, 3.63) is 59.0 Å². The van der Waals surface area contributed by atoms with Crippen LogP contribution in [0.5, 0.6) is 5.75 Å². The number of ether oxygens (including phenoxy) is 1. The van der Waals surface area contributed by atoms with Crippen LogP contribution in [0.2, 0.25) is 0 Å². The molecule has 1 aromatic carbocycles. The van der Waals surface area contributed by atoms with Crippen molar-refractivity contribution in [3.63, 3.8) is 0 Å². The van der Waals surface area contributed by atoms with E-state index in [-0.39, 0.29) is 5.91 Å². The molecule has 0 fully saturated rings. The second-order valence-corrected chi connectivity index (χ2v) is 6.53. The molecule has 5 nitrogen and oxygen atoms in total. The lowest BCUT2D eigenvalue weighted by atomic mass is 10.0. The van der Waals surface area contributed by atoms with Crippen LogP contribution in [0.1, 0.15) is 48.4 Å². The number of carbonyl (C=O) groups is 1. The van der Waals surface area contributed by atoms with Crippen LogP contribution < -0.4 is 4.74 Å². The number of aryl methyl sites for hydroxylation is 3. The molecule has 0 atom stereocenters. The molecular weight excluding hydrogens is 328 g/mol. The summed E-state index contributed by atoms with van der Waals surface area (Å²) < 4.78 is 11.1. The van der Waals surface area contributed by atoms with E-state index in [9.17, 15) is 4.79 Å². The normalized spacial score (nSPS) is 13.0. The van der Waals surface area contributed by atoms with Crippen LogP contribution in [-0.4, -0.2) is 22.6 Å². The Labute approximate surface area is 154 Å². The topological polar surface area (TPSA) is 55.6 Å². The fourth-order valence-electron chi connectivity index (χ4n) is 3.38. The zero-order chi connectivity index (χ0) is 18.5. The molecule has 0 unspecified atom stereocenters. The van der Waals surface area contributed by atoms with Crippen LogP contribution in [0.4, 0.5) is 0 Å². The second-order valence-electron chi connectivity index (χ2n) is 6.53. The Morgan fingerprint density at radius 2 is 2.15 bits per heavy atom. The van der Waals surface area contributed by atoms with Crippen molar-refractivity contribution in [2.24, 2.45) is 0 Å². The highest BCUT2D eigenvalue weighted by Gasteiger charge is 2.20. The first kappa shape index (κ1) is 18.2. The summed E-state index contributed by atoms with van der Waals surface area (Å²) in [5, 5.41) is 4.15. The predicted octanol–water partition coefficient (Wildman–Crippen LogP) is 3.84. The highest BCUT2D eigenvalue weighted by Crippen LogP contribution is 2.27. The van der Waals surface area contributed by atoms with Gasteiger partial charge in [-0.25, -0.2) is 0 Å². The SMILES string of the molecule is C=CC(=O)N(Cc1ccc2c(c1)CCCO2)Cc1c(CC)noc1CC. The number of rotatable bonds is 7. The van der Waals surface area contributed by atoms with Gasteiger partial charge >= 0.3 is 0 Å². The molecule has 1 aromatic heterocycles. The van der Waals surface area contributed by atoms with Gasteiger partial charge in [0.2, 0.25) is 5.91 Å². The molecule has 2 aromatic rings. The van der Waals surface area contributed by atoms with E-state index in [2.05, 4.69) is 17.8 Å². The maximum atomic E-state index is 12.5. The molecule has 0 aliphatic carbocycles. The van der Waals surface area contributed by atoms with Crippen molar-refractivity contribution in [3.8, 4) is 5.75 Å². The van der Waals surface area contributed by atoms with E-state index in [1.807, 2.05) is 26.0 Å². The summed E-state index contributed by atoms with van der Waals surface area (Å²) in [5.41, 5.74) is 4.25. The summed E-state index contributed by atoms with van der Waals surface area (Å²) in [6.45, 7) is 9.52. The first-order valence-electron chi connectivity index (χ1n) is 9.28. The van der Waals surface area contributed by atoms with E-state index in [1.165, 1.54) is 11.6 Å². The van der Waals surface area contributed by atoms with Crippen molar-refractivity contribution >= 4 is 5.91 Å². The second kappa shape index (κ2) is 8.21. The van der Waals surface area contributed by atoms with Gasteiger partial charge in [0.25, 0.3) is 0 Å². The summed E-state index contributed by atoms with van der Waals surface area (Å²) in [6, 6.07) is 6.18. The number of aromatic nitrogens is 1. The van der Waals surface area contributed by atoms with E-state index < -0.39 is 0 Å². The minimum atomic E-state index is -0.0933. The van der Waals surface area contributed by atoms with Crippen molar-refractivity contribution in [1.82, 2.24) is 10.1 Å². The van der Waals surface area contributed by atoms with Gasteiger partial charge in [-0.05, 0) is 42.5 Å². The summed E-state index contributed by atoms with van der Waals surface area (Å²) in [6.07, 6.45) is 4.96. The largest absolute Gasteiger partial charge is 0.493 e. The predicted molar refractivity (Wildman–Crippen MR) is 100.0 cm³/mol. The van der Waals surface area contributed by atoms with E-state index in [4.69, 9.17) is 9.26 Å². The molecule has 5 heteroatoms. The molecule has 1 amide bonds. The number of hydrogen-bond acceptors (Lipinski definition) is 4. The van der Waals surface area contributed by atoms with Gasteiger partial charge in [-0.15, -0.1) is 0 Å². The Kier molecular flexibility index (Phi) is 5.76. The maximum Gasteiger partial charge on any atom is 0.246 e. The Hall–Kier alpha value is -2.56. The lowest BCUT2D eigenvalue weighted by Crippen LogP contribution is -2.29. The van der Waals surface area contributed by atoms with Crippen LogP contribution in [0.15, 0.2) is 35.4 Å². The summed E-state index contributed by atoms with van der Waals surface area (Å²) in [4.78, 5) is 14.3. The minimum absolute atomic E-state index is 0.0933. The Balaban J connectivity index is 1.84. The third-order valence-corrected chi connectivity index (χ3v) is 4.79. The third kappa shape index (κ3) is 3.82. The Morgan fingerprint density at radius 3 is 2.88 bits per heavy atom. The van der Waals surface area contributed by atoms with Gasteiger partial charge < -0.3 is 14.2 Å². The average molecular weight is 354 g/mol. The standard InChI is InChI=1S/C21H26N2O3/c1-4-18-17(19(5-2)26-22-18)14-23(21(24)6-3)13-15-9-10-20-16(12-15)8-7-11-25-20/h6,9-10,12H,3-5,7-8,11,13-14H2,1-2H3. The zero-order valence-electron chi connectivity index (χ0n) is 15.6. The van der Waals surface area contributed by atoms with Gasteiger partial charge in [0.1, 0.15) is 11.5 Å². The van der Waals surface area contributed by atoms with Gasteiger partial charge in [0, 0.05) is 18.5 Å². The van der Waals surface area contributed by atoms with Crippen molar-refractivity contribution in [2.45, 2.75) is 52.6 Å². The van der Waals surface area contributed by atoms with Crippen molar-refractivity contribution in [1.29, 1.82) is 0 Å². The molecule has 0 spiro atoms. The number of nitrogens with zero attached hydrogens (tertiary/aromatic N) is 2. The van der Waals surface area contributed by atoms with E-state index >= 15 is 0 Å². The highest BCUT2D eigenvalue weighted by atomic mass is 16.5. The molecular formula is C21H26N2O3. The first-order valence-corrected chi connectivity index (χ1v) is 9.28. The smallest absolute Gasteiger partial charge is 0.246 e. The molecule has 0 N–H and O–H groups in total. The number of fused-ring (bicyclic) bond motifs is 1. The first-order chi connectivity index (χ1) is 12.7. The van der Waals surface area contributed by atoms with Gasteiger partial charge in [-0.3, -0.25) is 4.79 Å². The number of amides is 1. The molecule has 26 heavy (non-hydrogen) atoms. The molecule has 0 saturated carbocycles.